The molecule has 4 amide bonds. The van der Waals surface area contributed by atoms with Gasteiger partial charge in [-0.25, -0.2) is 4.79 Å². The summed E-state index contributed by atoms with van der Waals surface area (Å²) in [6, 6.07) is 11.8. The molecule has 154 valence electrons. The molecule has 6 nitrogen and oxygen atoms in total. The molecule has 7 heteroatoms. The average molecular weight is 424 g/mol. The van der Waals surface area contributed by atoms with E-state index >= 15 is 0 Å². The Morgan fingerprint density at radius 2 is 1.73 bits per heavy atom. The third-order valence-electron chi connectivity index (χ3n) is 6.12. The van der Waals surface area contributed by atoms with Crippen molar-refractivity contribution < 1.29 is 14.4 Å². The molecule has 0 spiro atoms. The van der Waals surface area contributed by atoms with E-state index in [2.05, 4.69) is 6.07 Å². The van der Waals surface area contributed by atoms with Gasteiger partial charge in [0.15, 0.2) is 0 Å². The molecule has 30 heavy (non-hydrogen) atoms. The number of amides is 4. The quantitative estimate of drug-likeness (QED) is 0.685. The lowest BCUT2D eigenvalue weighted by molar-refractivity contribution is -0.125. The Morgan fingerprint density at radius 3 is 2.40 bits per heavy atom. The highest BCUT2D eigenvalue weighted by Gasteiger charge is 2.38. The van der Waals surface area contributed by atoms with Crippen molar-refractivity contribution in [3.8, 4) is 11.1 Å². The summed E-state index contributed by atoms with van der Waals surface area (Å²) in [7, 11) is 0. The van der Waals surface area contributed by atoms with Gasteiger partial charge in [0, 0.05) is 36.3 Å². The number of hydrogen-bond donors (Lipinski definition) is 0. The zero-order chi connectivity index (χ0) is 21.0. The first-order chi connectivity index (χ1) is 14.5. The Kier molecular flexibility index (Phi) is 4.54. The van der Waals surface area contributed by atoms with E-state index in [1.165, 1.54) is 9.80 Å². The van der Waals surface area contributed by atoms with Crippen molar-refractivity contribution in [2.24, 2.45) is 0 Å². The number of fused-ring (bicyclic) bond motifs is 1. The van der Waals surface area contributed by atoms with Gasteiger partial charge in [-0.3, -0.25) is 14.5 Å². The molecule has 2 aromatic carbocycles. The topological polar surface area (TPSA) is 60.9 Å². The summed E-state index contributed by atoms with van der Waals surface area (Å²) in [4.78, 5) is 41.5. The maximum Gasteiger partial charge on any atom is 0.327 e. The molecular weight excluding hydrogens is 402 g/mol. The first-order valence-electron chi connectivity index (χ1n) is 10.3. The second-order valence-corrected chi connectivity index (χ2v) is 8.53. The van der Waals surface area contributed by atoms with Crippen LogP contribution in [0, 0.1) is 0 Å². The molecule has 2 fully saturated rings. The summed E-state index contributed by atoms with van der Waals surface area (Å²) < 4.78 is 0. The summed E-state index contributed by atoms with van der Waals surface area (Å²) in [6.07, 6.45) is 2.20. The van der Waals surface area contributed by atoms with Crippen LogP contribution in [0.15, 0.2) is 36.4 Å². The number of nitrogens with zero attached hydrogens (tertiary/aromatic N) is 3. The molecule has 5 rings (SSSR count). The van der Waals surface area contributed by atoms with E-state index in [1.807, 2.05) is 35.2 Å². The standard InChI is InChI=1S/C23H22ClN3O3/c1-2-26-21(28)13-25(23(26)30)11-16-4-3-15(10-20(16)24)14-5-8-19-17(9-14)12-27(22(19)29)18-6-7-18/h3-5,8-10,18H,2,6-7,11-13H2,1H3. The van der Waals surface area contributed by atoms with Crippen LogP contribution in [-0.4, -0.2) is 51.7 Å². The summed E-state index contributed by atoms with van der Waals surface area (Å²) >= 11 is 6.53. The number of carbonyl (C=O) groups excluding carboxylic acids is 3. The Balaban J connectivity index is 1.36. The fourth-order valence-corrected chi connectivity index (χ4v) is 4.53. The minimum absolute atomic E-state index is 0.0844. The van der Waals surface area contributed by atoms with Crippen molar-refractivity contribution in [2.45, 2.75) is 38.9 Å². The Hall–Kier alpha value is -2.86. The van der Waals surface area contributed by atoms with Gasteiger partial charge >= 0.3 is 6.03 Å². The number of rotatable bonds is 5. The molecular formula is C23H22ClN3O3. The van der Waals surface area contributed by atoms with Crippen molar-refractivity contribution >= 4 is 29.4 Å². The molecule has 2 heterocycles. The molecule has 1 saturated carbocycles. The van der Waals surface area contributed by atoms with Crippen molar-refractivity contribution in [1.29, 1.82) is 0 Å². The Morgan fingerprint density at radius 1 is 1.00 bits per heavy atom. The highest BCUT2D eigenvalue weighted by Crippen LogP contribution is 2.36. The fourth-order valence-electron chi connectivity index (χ4n) is 4.29. The Labute approximate surface area is 180 Å². The fraction of sp³-hybridized carbons (Fsp3) is 0.348. The molecule has 1 saturated heterocycles. The minimum atomic E-state index is -0.272. The second kappa shape index (κ2) is 7.13. The predicted octanol–water partition coefficient (Wildman–Crippen LogP) is 3.91. The van der Waals surface area contributed by atoms with E-state index in [4.69, 9.17) is 11.6 Å². The van der Waals surface area contributed by atoms with Crippen molar-refractivity contribution in [3.63, 3.8) is 0 Å². The highest BCUT2D eigenvalue weighted by atomic mass is 35.5. The third kappa shape index (κ3) is 3.16. The van der Waals surface area contributed by atoms with E-state index in [0.29, 0.717) is 30.7 Å². The highest BCUT2D eigenvalue weighted by molar-refractivity contribution is 6.31. The SMILES string of the molecule is CCN1C(=O)CN(Cc2ccc(-c3ccc4c(c3)CN(C3CC3)C4=O)cc2Cl)C1=O. The molecule has 0 aromatic heterocycles. The van der Waals surface area contributed by atoms with Crippen LogP contribution in [0.5, 0.6) is 0 Å². The van der Waals surface area contributed by atoms with Gasteiger partial charge < -0.3 is 9.80 Å². The van der Waals surface area contributed by atoms with E-state index in [9.17, 15) is 14.4 Å². The van der Waals surface area contributed by atoms with Crippen LogP contribution in [0.2, 0.25) is 5.02 Å². The molecule has 1 aliphatic carbocycles. The van der Waals surface area contributed by atoms with Gasteiger partial charge in [-0.1, -0.05) is 29.8 Å². The minimum Gasteiger partial charge on any atom is -0.331 e. The second-order valence-electron chi connectivity index (χ2n) is 8.12. The number of urea groups is 1. The van der Waals surface area contributed by atoms with E-state index in [0.717, 1.165) is 40.7 Å². The Bertz CT molecular complexity index is 1080. The average Bonchev–Trinajstić information content (AvgIpc) is 3.47. The first-order valence-corrected chi connectivity index (χ1v) is 10.7. The van der Waals surface area contributed by atoms with Crippen molar-refractivity contribution in [2.75, 3.05) is 13.1 Å². The monoisotopic (exact) mass is 423 g/mol. The van der Waals surface area contributed by atoms with Gasteiger partial charge in [-0.2, -0.15) is 0 Å². The van der Waals surface area contributed by atoms with E-state index < -0.39 is 0 Å². The molecule has 3 aliphatic rings. The molecule has 0 N–H and O–H groups in total. The van der Waals surface area contributed by atoms with Crippen LogP contribution in [0.25, 0.3) is 11.1 Å². The van der Waals surface area contributed by atoms with Gasteiger partial charge in [0.2, 0.25) is 5.91 Å². The van der Waals surface area contributed by atoms with Gasteiger partial charge in [0.25, 0.3) is 5.91 Å². The van der Waals surface area contributed by atoms with Gasteiger partial charge in [-0.15, -0.1) is 0 Å². The van der Waals surface area contributed by atoms with Crippen LogP contribution < -0.4 is 0 Å². The van der Waals surface area contributed by atoms with Crippen molar-refractivity contribution in [3.05, 3.63) is 58.1 Å². The number of halogens is 1. The van der Waals surface area contributed by atoms with E-state index in [1.54, 1.807) is 6.92 Å². The summed E-state index contributed by atoms with van der Waals surface area (Å²) in [5.74, 6) is -0.0402. The van der Waals surface area contributed by atoms with E-state index in [-0.39, 0.29) is 24.4 Å². The lowest BCUT2D eigenvalue weighted by Crippen LogP contribution is -2.32. The number of benzene rings is 2. The zero-order valence-corrected chi connectivity index (χ0v) is 17.5. The zero-order valence-electron chi connectivity index (χ0n) is 16.7. The van der Waals surface area contributed by atoms with Crippen LogP contribution in [0.4, 0.5) is 4.79 Å². The predicted molar refractivity (Wildman–Crippen MR) is 113 cm³/mol. The smallest absolute Gasteiger partial charge is 0.327 e. The number of hydrogen-bond acceptors (Lipinski definition) is 3. The third-order valence-corrected chi connectivity index (χ3v) is 6.47. The van der Waals surface area contributed by atoms with Gasteiger partial charge in [-0.05, 0) is 60.2 Å². The summed E-state index contributed by atoms with van der Waals surface area (Å²) in [5.41, 5.74) is 4.63. The normalized spacial score (nSPS) is 18.6. The lowest BCUT2D eigenvalue weighted by Gasteiger charge is -2.17. The van der Waals surface area contributed by atoms with Gasteiger partial charge in [0.05, 0.1) is 0 Å². The van der Waals surface area contributed by atoms with Crippen LogP contribution in [0.1, 0.15) is 41.3 Å². The molecule has 0 unspecified atom stereocenters. The summed E-state index contributed by atoms with van der Waals surface area (Å²) in [5, 5.41) is 0.555. The molecule has 2 aliphatic heterocycles. The largest absolute Gasteiger partial charge is 0.331 e. The molecule has 0 bridgehead atoms. The number of carbonyl (C=O) groups is 3. The van der Waals surface area contributed by atoms with Gasteiger partial charge in [0.1, 0.15) is 6.54 Å². The number of likely N-dealkylation sites (N-methyl/N-ethyl adjacent to an activating group) is 1. The van der Waals surface area contributed by atoms with Crippen LogP contribution in [0.3, 0.4) is 0 Å². The summed E-state index contributed by atoms with van der Waals surface area (Å²) in [6.45, 7) is 3.23. The van der Waals surface area contributed by atoms with Crippen LogP contribution >= 0.6 is 11.6 Å². The van der Waals surface area contributed by atoms with Crippen LogP contribution in [-0.2, 0) is 17.9 Å². The lowest BCUT2D eigenvalue weighted by atomic mass is 9.99. The maximum atomic E-state index is 12.5. The molecule has 0 atom stereocenters. The molecule has 0 radical (unpaired) electrons. The van der Waals surface area contributed by atoms with Crippen molar-refractivity contribution in [1.82, 2.24) is 14.7 Å². The number of imide groups is 1. The maximum absolute atomic E-state index is 12.5. The molecule has 2 aromatic rings. The first kappa shape index (κ1) is 19.1.